The normalized spacial score (nSPS) is 11.3. The first-order valence-corrected chi connectivity index (χ1v) is 6.95. The minimum absolute atomic E-state index is 0.565. The first-order chi connectivity index (χ1) is 9.08. The van der Waals surface area contributed by atoms with Crippen LogP contribution in [0.4, 0.5) is 5.95 Å². The Bertz CT molecular complexity index is 509. The van der Waals surface area contributed by atoms with E-state index in [2.05, 4.69) is 66.8 Å². The summed E-state index contributed by atoms with van der Waals surface area (Å²) in [6.45, 7) is 9.74. The number of imidazole rings is 1. The van der Waals surface area contributed by atoms with Gasteiger partial charge in [-0.2, -0.15) is 0 Å². The van der Waals surface area contributed by atoms with Gasteiger partial charge in [-0.1, -0.05) is 39.8 Å². The fraction of sp³-hybridized carbons (Fsp3) is 0.438. The second-order valence-corrected chi connectivity index (χ2v) is 5.64. The minimum Gasteiger partial charge on any atom is -0.355 e. The summed E-state index contributed by atoms with van der Waals surface area (Å²) in [6.07, 6.45) is 3.83. The Morgan fingerprint density at radius 3 is 2.37 bits per heavy atom. The number of benzene rings is 1. The van der Waals surface area contributed by atoms with Gasteiger partial charge in [0, 0.05) is 24.6 Å². The fourth-order valence-corrected chi connectivity index (χ4v) is 1.96. The van der Waals surface area contributed by atoms with Crippen LogP contribution in [-0.4, -0.2) is 16.1 Å². The van der Waals surface area contributed by atoms with E-state index in [0.29, 0.717) is 11.8 Å². The molecule has 1 aromatic carbocycles. The molecule has 2 aromatic rings. The quantitative estimate of drug-likeness (QED) is 0.875. The molecule has 2 rings (SSSR count). The van der Waals surface area contributed by atoms with E-state index in [4.69, 9.17) is 0 Å². The molecule has 0 unspecified atom stereocenters. The van der Waals surface area contributed by atoms with E-state index in [1.165, 1.54) is 5.56 Å². The van der Waals surface area contributed by atoms with E-state index in [0.717, 1.165) is 18.2 Å². The van der Waals surface area contributed by atoms with Crippen LogP contribution in [0.2, 0.25) is 0 Å². The molecule has 0 bridgehead atoms. The van der Waals surface area contributed by atoms with Gasteiger partial charge in [-0.05, 0) is 29.5 Å². The van der Waals surface area contributed by atoms with Crippen molar-refractivity contribution in [2.24, 2.45) is 5.92 Å². The SMILES string of the molecule is CC(C)CNc1nccn1-c1ccc(C(C)C)cc1. The van der Waals surface area contributed by atoms with Gasteiger partial charge in [0.25, 0.3) is 0 Å². The molecule has 102 valence electrons. The van der Waals surface area contributed by atoms with Crippen molar-refractivity contribution in [3.05, 3.63) is 42.2 Å². The number of rotatable bonds is 5. The predicted octanol–water partition coefficient (Wildman–Crippen LogP) is 4.06. The van der Waals surface area contributed by atoms with Gasteiger partial charge >= 0.3 is 0 Å². The van der Waals surface area contributed by atoms with Gasteiger partial charge in [-0.25, -0.2) is 4.98 Å². The standard InChI is InChI=1S/C16H23N3/c1-12(2)11-18-16-17-9-10-19(16)15-7-5-14(6-8-15)13(3)4/h5-10,12-13H,11H2,1-4H3,(H,17,18). The maximum atomic E-state index is 4.37. The Morgan fingerprint density at radius 1 is 1.11 bits per heavy atom. The summed E-state index contributed by atoms with van der Waals surface area (Å²) < 4.78 is 2.09. The van der Waals surface area contributed by atoms with Crippen molar-refractivity contribution in [1.29, 1.82) is 0 Å². The van der Waals surface area contributed by atoms with E-state index >= 15 is 0 Å². The molecule has 1 heterocycles. The summed E-state index contributed by atoms with van der Waals surface area (Å²) in [5.41, 5.74) is 2.51. The third-order valence-electron chi connectivity index (χ3n) is 3.15. The summed E-state index contributed by atoms with van der Waals surface area (Å²) >= 11 is 0. The van der Waals surface area contributed by atoms with Crippen LogP contribution in [0.3, 0.4) is 0 Å². The number of hydrogen-bond acceptors (Lipinski definition) is 2. The highest BCUT2D eigenvalue weighted by atomic mass is 15.2. The highest BCUT2D eigenvalue weighted by Gasteiger charge is 2.06. The number of anilines is 1. The third-order valence-corrected chi connectivity index (χ3v) is 3.15. The van der Waals surface area contributed by atoms with Crippen LogP contribution in [0.25, 0.3) is 5.69 Å². The van der Waals surface area contributed by atoms with Crippen LogP contribution in [0.1, 0.15) is 39.2 Å². The summed E-state index contributed by atoms with van der Waals surface area (Å²) in [6, 6.07) is 8.67. The van der Waals surface area contributed by atoms with Crippen molar-refractivity contribution >= 4 is 5.95 Å². The van der Waals surface area contributed by atoms with Crippen molar-refractivity contribution in [2.75, 3.05) is 11.9 Å². The molecule has 0 fully saturated rings. The summed E-state index contributed by atoms with van der Waals surface area (Å²) in [7, 11) is 0. The van der Waals surface area contributed by atoms with E-state index in [9.17, 15) is 0 Å². The Kier molecular flexibility index (Phi) is 4.25. The molecule has 3 nitrogen and oxygen atoms in total. The molecule has 1 aromatic heterocycles. The largest absolute Gasteiger partial charge is 0.355 e. The van der Waals surface area contributed by atoms with Crippen molar-refractivity contribution < 1.29 is 0 Å². The highest BCUT2D eigenvalue weighted by Crippen LogP contribution is 2.19. The lowest BCUT2D eigenvalue weighted by Gasteiger charge is -2.12. The Hall–Kier alpha value is -1.77. The molecule has 0 saturated carbocycles. The maximum absolute atomic E-state index is 4.37. The van der Waals surface area contributed by atoms with Gasteiger partial charge in [0.2, 0.25) is 5.95 Å². The molecule has 3 heteroatoms. The summed E-state index contributed by atoms with van der Waals surface area (Å²) in [4.78, 5) is 4.37. The van der Waals surface area contributed by atoms with Gasteiger partial charge in [0.1, 0.15) is 0 Å². The number of aromatic nitrogens is 2. The van der Waals surface area contributed by atoms with Crippen molar-refractivity contribution in [3.8, 4) is 5.69 Å². The van der Waals surface area contributed by atoms with Crippen molar-refractivity contribution in [2.45, 2.75) is 33.6 Å². The van der Waals surface area contributed by atoms with Crippen LogP contribution >= 0.6 is 0 Å². The molecule has 0 aliphatic heterocycles. The molecule has 0 spiro atoms. The van der Waals surface area contributed by atoms with Crippen LogP contribution in [0, 0.1) is 5.92 Å². The first-order valence-electron chi connectivity index (χ1n) is 6.95. The van der Waals surface area contributed by atoms with E-state index in [1.807, 2.05) is 12.4 Å². The molecule has 0 atom stereocenters. The lowest BCUT2D eigenvalue weighted by molar-refractivity contribution is 0.683. The van der Waals surface area contributed by atoms with Crippen molar-refractivity contribution in [1.82, 2.24) is 9.55 Å². The molecular weight excluding hydrogens is 234 g/mol. The molecule has 0 aliphatic carbocycles. The number of hydrogen-bond donors (Lipinski definition) is 1. The van der Waals surface area contributed by atoms with Crippen LogP contribution in [0.15, 0.2) is 36.7 Å². The van der Waals surface area contributed by atoms with Crippen LogP contribution in [0.5, 0.6) is 0 Å². The van der Waals surface area contributed by atoms with E-state index in [1.54, 1.807) is 0 Å². The lowest BCUT2D eigenvalue weighted by Crippen LogP contribution is -2.12. The summed E-state index contributed by atoms with van der Waals surface area (Å²) in [5, 5.41) is 3.38. The molecule has 0 aliphatic rings. The van der Waals surface area contributed by atoms with Crippen LogP contribution < -0.4 is 5.32 Å². The zero-order valence-electron chi connectivity index (χ0n) is 12.2. The number of nitrogens with one attached hydrogen (secondary N) is 1. The zero-order valence-corrected chi connectivity index (χ0v) is 12.2. The lowest BCUT2D eigenvalue weighted by atomic mass is 10.0. The average molecular weight is 257 g/mol. The monoisotopic (exact) mass is 257 g/mol. The fourth-order valence-electron chi connectivity index (χ4n) is 1.96. The Morgan fingerprint density at radius 2 is 1.79 bits per heavy atom. The molecule has 0 radical (unpaired) electrons. The molecule has 19 heavy (non-hydrogen) atoms. The number of nitrogens with zero attached hydrogens (tertiary/aromatic N) is 2. The predicted molar refractivity (Wildman–Crippen MR) is 81.0 cm³/mol. The van der Waals surface area contributed by atoms with Gasteiger partial charge < -0.3 is 5.32 Å². The molecule has 0 saturated heterocycles. The Balaban J connectivity index is 2.19. The zero-order chi connectivity index (χ0) is 13.8. The summed E-state index contributed by atoms with van der Waals surface area (Å²) in [5.74, 6) is 2.08. The van der Waals surface area contributed by atoms with Gasteiger partial charge in [-0.15, -0.1) is 0 Å². The highest BCUT2D eigenvalue weighted by molar-refractivity contribution is 5.43. The van der Waals surface area contributed by atoms with Crippen molar-refractivity contribution in [3.63, 3.8) is 0 Å². The third kappa shape index (κ3) is 3.37. The molecular formula is C16H23N3. The topological polar surface area (TPSA) is 29.9 Å². The second kappa shape index (κ2) is 5.91. The first kappa shape index (κ1) is 13.7. The Labute approximate surface area is 115 Å². The minimum atomic E-state index is 0.565. The van der Waals surface area contributed by atoms with E-state index in [-0.39, 0.29) is 0 Å². The molecule has 1 N–H and O–H groups in total. The van der Waals surface area contributed by atoms with Gasteiger partial charge in [-0.3, -0.25) is 4.57 Å². The second-order valence-electron chi connectivity index (χ2n) is 5.64. The smallest absolute Gasteiger partial charge is 0.207 e. The van der Waals surface area contributed by atoms with Gasteiger partial charge in [0.05, 0.1) is 0 Å². The van der Waals surface area contributed by atoms with Gasteiger partial charge in [0.15, 0.2) is 0 Å². The average Bonchev–Trinajstić information content (AvgIpc) is 2.84. The van der Waals surface area contributed by atoms with Crippen LogP contribution in [-0.2, 0) is 0 Å². The maximum Gasteiger partial charge on any atom is 0.207 e. The van der Waals surface area contributed by atoms with E-state index < -0.39 is 0 Å². The molecule has 0 amide bonds.